The van der Waals surface area contributed by atoms with Gasteiger partial charge in [0.25, 0.3) is 5.91 Å². The second-order valence-electron chi connectivity index (χ2n) is 7.85. The molecular weight excluding hydrogens is 514 g/mol. The van der Waals surface area contributed by atoms with Crippen molar-refractivity contribution < 1.29 is 27.4 Å². The molecule has 0 aliphatic carbocycles. The molecule has 3 aromatic rings. The van der Waals surface area contributed by atoms with Gasteiger partial charge in [-0.15, -0.1) is 12.4 Å². The number of halogens is 1. The number of thiazole rings is 1. The van der Waals surface area contributed by atoms with Crippen molar-refractivity contribution in [2.75, 3.05) is 64.8 Å². The van der Waals surface area contributed by atoms with Crippen LogP contribution < -0.4 is 14.4 Å². The van der Waals surface area contributed by atoms with Gasteiger partial charge >= 0.3 is 0 Å². The largest absolute Gasteiger partial charge is 0.493 e. The normalized spacial score (nSPS) is 14.4. The third-order valence-corrected chi connectivity index (χ3v) is 7.78. The molecule has 2 heterocycles. The molecule has 190 valence electrons. The molecule has 1 aromatic heterocycles. The van der Waals surface area contributed by atoms with Crippen molar-refractivity contribution in [3.63, 3.8) is 0 Å². The van der Waals surface area contributed by atoms with E-state index in [1.54, 1.807) is 35.2 Å². The number of anilines is 1. The lowest BCUT2D eigenvalue weighted by Gasteiger charge is -2.29. The summed E-state index contributed by atoms with van der Waals surface area (Å²) in [6.07, 6.45) is 1.17. The minimum Gasteiger partial charge on any atom is -0.493 e. The zero-order valence-corrected chi connectivity index (χ0v) is 22.2. The van der Waals surface area contributed by atoms with E-state index in [0.717, 1.165) is 13.1 Å². The number of hydrogen-bond donors (Lipinski definition) is 0. The van der Waals surface area contributed by atoms with E-state index in [4.69, 9.17) is 14.2 Å². The van der Waals surface area contributed by atoms with E-state index in [-0.39, 0.29) is 23.2 Å². The van der Waals surface area contributed by atoms with Gasteiger partial charge in [0.2, 0.25) is 0 Å². The van der Waals surface area contributed by atoms with Crippen LogP contribution in [0.25, 0.3) is 10.2 Å². The Kier molecular flexibility index (Phi) is 8.94. The maximum absolute atomic E-state index is 13.8. The molecule has 0 saturated carbocycles. The number of carbonyl (C=O) groups is 1. The molecule has 2 aromatic carbocycles. The Labute approximate surface area is 214 Å². The molecule has 1 aliphatic heterocycles. The maximum Gasteiger partial charge on any atom is 0.264 e. The lowest BCUT2D eigenvalue weighted by Crippen LogP contribution is -2.43. The number of aromatic nitrogens is 1. The van der Waals surface area contributed by atoms with Gasteiger partial charge < -0.3 is 14.2 Å². The minimum atomic E-state index is -3.36. The third kappa shape index (κ3) is 6.04. The Morgan fingerprint density at radius 2 is 1.91 bits per heavy atom. The molecule has 9 nitrogen and oxygen atoms in total. The molecule has 1 amide bonds. The molecule has 35 heavy (non-hydrogen) atoms. The summed E-state index contributed by atoms with van der Waals surface area (Å²) in [5, 5.41) is 0.490. The monoisotopic (exact) mass is 541 g/mol. The molecule has 0 N–H and O–H groups in total. The second kappa shape index (κ2) is 11.5. The van der Waals surface area contributed by atoms with Gasteiger partial charge in [-0.25, -0.2) is 13.4 Å². The average Bonchev–Trinajstić information content (AvgIpc) is 3.26. The van der Waals surface area contributed by atoms with Crippen LogP contribution >= 0.6 is 23.7 Å². The Balaban J connectivity index is 0.00000342. The zero-order chi connectivity index (χ0) is 24.3. The molecule has 0 radical (unpaired) electrons. The predicted molar refractivity (Wildman–Crippen MR) is 138 cm³/mol. The van der Waals surface area contributed by atoms with Gasteiger partial charge in [0, 0.05) is 32.4 Å². The molecule has 12 heteroatoms. The number of morpholine rings is 1. The van der Waals surface area contributed by atoms with Crippen LogP contribution in [-0.2, 0) is 14.6 Å². The highest BCUT2D eigenvalue weighted by Crippen LogP contribution is 2.35. The Bertz CT molecular complexity index is 1290. The van der Waals surface area contributed by atoms with Crippen LogP contribution in [0.5, 0.6) is 11.5 Å². The first-order chi connectivity index (χ1) is 16.3. The van der Waals surface area contributed by atoms with E-state index in [1.807, 2.05) is 0 Å². The number of hydrogen-bond acceptors (Lipinski definition) is 9. The number of fused-ring (bicyclic) bond motifs is 1. The van der Waals surface area contributed by atoms with Gasteiger partial charge in [0.1, 0.15) is 0 Å². The molecule has 1 fully saturated rings. The van der Waals surface area contributed by atoms with Crippen LogP contribution in [0.15, 0.2) is 41.3 Å². The number of benzene rings is 2. The van der Waals surface area contributed by atoms with Gasteiger partial charge in [-0.3, -0.25) is 14.6 Å². The summed E-state index contributed by atoms with van der Waals surface area (Å²) in [7, 11) is -0.336. The fourth-order valence-corrected chi connectivity index (χ4v) is 5.54. The Hall–Kier alpha value is -2.44. The Morgan fingerprint density at radius 3 is 2.57 bits per heavy atom. The number of amides is 1. The molecular formula is C23H28ClN3O6S2. The summed E-state index contributed by atoms with van der Waals surface area (Å²) >= 11 is 1.28. The maximum atomic E-state index is 13.8. The van der Waals surface area contributed by atoms with Crippen molar-refractivity contribution in [2.24, 2.45) is 0 Å². The first-order valence-corrected chi connectivity index (χ1v) is 13.5. The number of carbonyl (C=O) groups excluding carboxylic acids is 1. The standard InChI is InChI=1S/C23H27N3O6S2.ClH/c1-30-19-6-4-5-17(21(19)31-2)22(27)26(10-9-25-11-13-32-14-12-25)23-24-18-8-7-16(34(3,28)29)15-20(18)33-23;/h4-8,15H,9-14H2,1-3H3;1H. The van der Waals surface area contributed by atoms with E-state index in [9.17, 15) is 13.2 Å². The molecule has 0 bridgehead atoms. The number of ether oxygens (including phenoxy) is 3. The van der Waals surface area contributed by atoms with Crippen LogP contribution in [0.3, 0.4) is 0 Å². The number of para-hydroxylation sites is 1. The van der Waals surface area contributed by atoms with Gasteiger partial charge in [0.15, 0.2) is 26.5 Å². The average molecular weight is 542 g/mol. The van der Waals surface area contributed by atoms with Crippen LogP contribution in [0.2, 0.25) is 0 Å². The highest BCUT2D eigenvalue weighted by Gasteiger charge is 2.27. The van der Waals surface area contributed by atoms with Crippen LogP contribution in [0.4, 0.5) is 5.13 Å². The first kappa shape index (κ1) is 27.2. The summed E-state index contributed by atoms with van der Waals surface area (Å²) in [4.78, 5) is 22.5. The lowest BCUT2D eigenvalue weighted by molar-refractivity contribution is 0.0391. The van der Waals surface area contributed by atoms with Gasteiger partial charge in [-0.1, -0.05) is 17.4 Å². The second-order valence-corrected chi connectivity index (χ2v) is 10.9. The summed E-state index contributed by atoms with van der Waals surface area (Å²) in [6.45, 7) is 3.95. The van der Waals surface area contributed by atoms with Crippen molar-refractivity contribution >= 4 is 54.8 Å². The van der Waals surface area contributed by atoms with E-state index in [0.29, 0.717) is 58.7 Å². The summed E-state index contributed by atoms with van der Waals surface area (Å²) in [5.41, 5.74) is 0.995. The number of methoxy groups -OCH3 is 2. The van der Waals surface area contributed by atoms with Gasteiger partial charge in [-0.05, 0) is 30.3 Å². The topological polar surface area (TPSA) is 98.3 Å². The SMILES string of the molecule is COc1cccc(C(=O)N(CCN2CCOCC2)c2nc3ccc(S(C)(=O)=O)cc3s2)c1OC.Cl. The van der Waals surface area contributed by atoms with E-state index >= 15 is 0 Å². The fourth-order valence-electron chi connectivity index (χ4n) is 3.79. The van der Waals surface area contributed by atoms with Gasteiger partial charge in [-0.2, -0.15) is 0 Å². The van der Waals surface area contributed by atoms with E-state index in [2.05, 4.69) is 9.88 Å². The van der Waals surface area contributed by atoms with Gasteiger partial charge in [0.05, 0.1) is 48.1 Å². The number of rotatable bonds is 8. The van der Waals surface area contributed by atoms with Crippen LogP contribution in [0.1, 0.15) is 10.4 Å². The highest BCUT2D eigenvalue weighted by molar-refractivity contribution is 7.90. The molecule has 4 rings (SSSR count). The molecule has 0 atom stereocenters. The summed E-state index contributed by atoms with van der Waals surface area (Å²) < 4.78 is 41.0. The molecule has 0 unspecified atom stereocenters. The van der Waals surface area contributed by atoms with Crippen molar-refractivity contribution in [2.45, 2.75) is 4.90 Å². The molecule has 1 aliphatic rings. The smallest absolute Gasteiger partial charge is 0.264 e. The minimum absolute atomic E-state index is 0. The predicted octanol–water partition coefficient (Wildman–Crippen LogP) is 3.12. The molecule has 1 saturated heterocycles. The summed E-state index contributed by atoms with van der Waals surface area (Å²) in [6, 6.07) is 9.97. The highest BCUT2D eigenvalue weighted by atomic mass is 35.5. The third-order valence-electron chi connectivity index (χ3n) is 5.63. The lowest BCUT2D eigenvalue weighted by atomic mass is 10.1. The van der Waals surface area contributed by atoms with Crippen LogP contribution in [0, 0.1) is 0 Å². The van der Waals surface area contributed by atoms with Crippen molar-refractivity contribution in [3.8, 4) is 11.5 Å². The Morgan fingerprint density at radius 1 is 1.17 bits per heavy atom. The van der Waals surface area contributed by atoms with E-state index in [1.165, 1.54) is 37.9 Å². The van der Waals surface area contributed by atoms with Crippen LogP contribution in [-0.4, -0.2) is 84.1 Å². The quantitative estimate of drug-likeness (QED) is 0.429. The number of nitrogens with zero attached hydrogens (tertiary/aromatic N) is 3. The van der Waals surface area contributed by atoms with Crippen molar-refractivity contribution in [3.05, 3.63) is 42.0 Å². The zero-order valence-electron chi connectivity index (χ0n) is 19.7. The number of sulfone groups is 1. The van der Waals surface area contributed by atoms with Crippen molar-refractivity contribution in [1.29, 1.82) is 0 Å². The summed E-state index contributed by atoms with van der Waals surface area (Å²) in [5.74, 6) is 0.543. The molecule has 0 spiro atoms. The van der Waals surface area contributed by atoms with Crippen molar-refractivity contribution in [1.82, 2.24) is 9.88 Å². The first-order valence-electron chi connectivity index (χ1n) is 10.8. The van der Waals surface area contributed by atoms with E-state index < -0.39 is 9.84 Å². The fraction of sp³-hybridized carbons (Fsp3) is 0.391.